The molecule has 17 rings (SSSR count). The van der Waals surface area contributed by atoms with Crippen molar-refractivity contribution in [3.8, 4) is 11.1 Å². The fraction of sp³-hybridized carbons (Fsp3) is 0.0123. The Morgan fingerprint density at radius 3 is 1.01 bits per heavy atom. The van der Waals surface area contributed by atoms with E-state index in [2.05, 4.69) is 350 Å². The van der Waals surface area contributed by atoms with Gasteiger partial charge in [0.05, 0.1) is 5.41 Å². The first-order chi connectivity index (χ1) is 42.2. The van der Waals surface area contributed by atoms with E-state index >= 15 is 0 Å². The number of fused-ring (bicyclic) bond motifs is 9. The maximum Gasteiger partial charge on any atom is 0.184 e. The Kier molecular flexibility index (Phi) is 11.2. The lowest BCUT2D eigenvalue weighted by atomic mass is 9.67. The highest BCUT2D eigenvalue weighted by molar-refractivity contribution is 7.22. The average molecular weight is 1110 g/mol. The molecule has 2 nitrogen and oxygen atoms in total. The zero-order valence-corrected chi connectivity index (χ0v) is 48.7. The number of hydrogen-bond donors (Lipinski definition) is 0. The van der Waals surface area contributed by atoms with Crippen LogP contribution < -0.4 is 51.3 Å². The van der Waals surface area contributed by atoms with Crippen molar-refractivity contribution in [1.82, 2.24) is 0 Å². The summed E-state index contributed by atoms with van der Waals surface area (Å²) >= 11 is 0. The lowest BCUT2D eigenvalue weighted by Crippen LogP contribution is -2.77. The summed E-state index contributed by atoms with van der Waals surface area (Å²) in [5.41, 5.74) is 14.3. The van der Waals surface area contributed by atoms with Gasteiger partial charge in [-0.25, -0.2) is 0 Å². The molecule has 14 aromatic carbocycles. The van der Waals surface area contributed by atoms with Crippen molar-refractivity contribution in [3.05, 3.63) is 362 Å². The lowest BCUT2D eigenvalue weighted by molar-refractivity contribution is 0.768. The van der Waals surface area contributed by atoms with Gasteiger partial charge in [0.2, 0.25) is 0 Å². The second-order valence-corrected chi connectivity index (χ2v) is 30.5. The second-order valence-electron chi connectivity index (χ2n) is 23.0. The second kappa shape index (κ2) is 19.4. The molecule has 0 fully saturated rings. The van der Waals surface area contributed by atoms with E-state index in [1.807, 2.05) is 0 Å². The minimum atomic E-state index is -3.06. The molecule has 85 heavy (non-hydrogen) atoms. The van der Waals surface area contributed by atoms with Gasteiger partial charge in [-0.1, -0.05) is 279 Å². The Bertz CT molecular complexity index is 4730. The van der Waals surface area contributed by atoms with E-state index < -0.39 is 21.6 Å². The molecule has 0 radical (unpaired) electrons. The van der Waals surface area contributed by atoms with Crippen molar-refractivity contribution in [1.29, 1.82) is 0 Å². The Labute approximate surface area is 498 Å². The van der Waals surface area contributed by atoms with E-state index in [0.29, 0.717) is 0 Å². The fourth-order valence-electron chi connectivity index (χ4n) is 15.6. The predicted molar refractivity (Wildman–Crippen MR) is 362 cm³/mol. The lowest BCUT2D eigenvalue weighted by Gasteiger charge is -2.46. The van der Waals surface area contributed by atoms with Crippen molar-refractivity contribution in [2.75, 3.05) is 9.80 Å². The summed E-state index contributed by atoms with van der Waals surface area (Å²) in [4.78, 5) is 5.13. The third-order valence-electron chi connectivity index (χ3n) is 19.0. The van der Waals surface area contributed by atoms with Gasteiger partial charge in [-0.15, -0.1) is 0 Å². The summed E-state index contributed by atoms with van der Waals surface area (Å²) in [6.07, 6.45) is 0. The molecular weight excluding hydrogens is 1060 g/mol. The van der Waals surface area contributed by atoms with Gasteiger partial charge in [-0.05, 0) is 157 Å². The molecule has 2 aliphatic heterocycles. The molecule has 0 N–H and O–H groups in total. The first kappa shape index (κ1) is 49.3. The van der Waals surface area contributed by atoms with Crippen molar-refractivity contribution < 1.29 is 0 Å². The Hall–Kier alpha value is -10.4. The third kappa shape index (κ3) is 7.04. The highest BCUT2D eigenvalue weighted by Gasteiger charge is 2.53. The maximum absolute atomic E-state index is 3.06. The summed E-state index contributed by atoms with van der Waals surface area (Å²) in [6.45, 7) is 0. The Morgan fingerprint density at radius 2 is 0.576 bits per heavy atom. The van der Waals surface area contributed by atoms with E-state index in [1.165, 1.54) is 119 Å². The predicted octanol–water partition coefficient (Wildman–Crippen LogP) is 14.7. The highest BCUT2D eigenvalue weighted by atomic mass is 28.3. The fourth-order valence-corrected chi connectivity index (χ4v) is 25.8. The van der Waals surface area contributed by atoms with Gasteiger partial charge < -0.3 is 9.80 Å². The first-order valence-electron chi connectivity index (χ1n) is 29.7. The van der Waals surface area contributed by atoms with Crippen LogP contribution in [0.25, 0.3) is 32.7 Å². The number of benzene rings is 14. The average Bonchev–Trinajstić information content (AvgIpc) is 1.84. The molecule has 0 unspecified atom stereocenters. The standard InChI is InChI=1S/C81H56N2Si2/c1-7-27-61(28-8-1)81(62-29-9-2-10-30-62)71-40-20-19-39-69(71)70-55-80-76(56-72(70)81)83(75-43-23-26-46-79(75)85(80,67-35-15-5-16-36-67)68-37-17-6-18-38-68)64-50-48-58-51-59-53-63(49-47-57(59)52-60(58)54-64)82-73-41-21-24-44-77(73)84(65-31-11-3-12-32-65,66-33-13-4-14-34-66)78-45-25-22-42-74(78)82/h1-56H. The van der Waals surface area contributed by atoms with Crippen LogP contribution in [0.1, 0.15) is 22.3 Å². The van der Waals surface area contributed by atoms with Gasteiger partial charge in [-0.2, -0.15) is 0 Å². The molecule has 0 spiro atoms. The van der Waals surface area contributed by atoms with Crippen LogP contribution in [0.3, 0.4) is 0 Å². The highest BCUT2D eigenvalue weighted by Crippen LogP contribution is 2.58. The molecule has 2 heterocycles. The van der Waals surface area contributed by atoms with Crippen LogP contribution in [-0.4, -0.2) is 16.1 Å². The monoisotopic (exact) mass is 1110 g/mol. The van der Waals surface area contributed by atoms with Crippen LogP contribution >= 0.6 is 0 Å². The minimum Gasteiger partial charge on any atom is -0.311 e. The van der Waals surface area contributed by atoms with Crippen LogP contribution in [0.4, 0.5) is 34.1 Å². The van der Waals surface area contributed by atoms with Crippen LogP contribution in [0.5, 0.6) is 0 Å². The molecule has 14 aromatic rings. The SMILES string of the molecule is c1ccc(C2(c3ccccc3)c3ccccc3-c3cc4c(cc32)N(c2ccc3cc5cc(N6c7ccccc7[Si](c7ccccc7)(c7ccccc7)c7ccccc76)ccc5cc3c2)c2ccccc2[Si]4(c2ccccc2)c2ccccc2)cc1. The molecule has 398 valence electrons. The van der Waals surface area contributed by atoms with Crippen molar-refractivity contribution in [2.45, 2.75) is 5.41 Å². The van der Waals surface area contributed by atoms with Gasteiger partial charge in [-0.3, -0.25) is 0 Å². The van der Waals surface area contributed by atoms with Crippen molar-refractivity contribution in [3.63, 3.8) is 0 Å². The zero-order valence-electron chi connectivity index (χ0n) is 46.7. The third-order valence-corrected chi connectivity index (χ3v) is 28.7. The van der Waals surface area contributed by atoms with Crippen LogP contribution in [-0.2, 0) is 5.41 Å². The quantitative estimate of drug-likeness (QED) is 0.111. The van der Waals surface area contributed by atoms with Gasteiger partial charge in [0.15, 0.2) is 16.1 Å². The van der Waals surface area contributed by atoms with E-state index in [1.54, 1.807) is 0 Å². The summed E-state index contributed by atoms with van der Waals surface area (Å²) in [7, 11) is -5.81. The Balaban J connectivity index is 0.873. The Morgan fingerprint density at radius 1 is 0.224 bits per heavy atom. The van der Waals surface area contributed by atoms with Gasteiger partial charge in [0.25, 0.3) is 0 Å². The van der Waals surface area contributed by atoms with E-state index in [9.17, 15) is 0 Å². The summed E-state index contributed by atoms with van der Waals surface area (Å²) in [6, 6.07) is 129. The number of anilines is 6. The normalized spacial score (nSPS) is 14.6. The molecule has 4 heteroatoms. The number of hydrogen-bond acceptors (Lipinski definition) is 2. The largest absolute Gasteiger partial charge is 0.311 e. The van der Waals surface area contributed by atoms with Crippen molar-refractivity contribution in [2.24, 2.45) is 0 Å². The number of nitrogens with zero attached hydrogens (tertiary/aromatic N) is 2. The van der Waals surface area contributed by atoms with Crippen LogP contribution in [0.15, 0.2) is 340 Å². The van der Waals surface area contributed by atoms with E-state index in [-0.39, 0.29) is 0 Å². The number of rotatable bonds is 8. The first-order valence-corrected chi connectivity index (χ1v) is 33.7. The molecule has 0 aromatic heterocycles. The van der Waals surface area contributed by atoms with Crippen LogP contribution in [0, 0.1) is 0 Å². The van der Waals surface area contributed by atoms with Gasteiger partial charge >= 0.3 is 0 Å². The summed E-state index contributed by atoms with van der Waals surface area (Å²) in [5, 5.41) is 15.9. The molecule has 0 bridgehead atoms. The minimum absolute atomic E-state index is 0.579. The molecule has 3 aliphatic rings. The van der Waals surface area contributed by atoms with E-state index in [0.717, 1.165) is 11.4 Å². The van der Waals surface area contributed by atoms with Gasteiger partial charge in [0, 0.05) is 34.1 Å². The van der Waals surface area contributed by atoms with Gasteiger partial charge in [0.1, 0.15) is 0 Å². The molecule has 0 amide bonds. The maximum atomic E-state index is 2.64. The molecule has 1 aliphatic carbocycles. The zero-order chi connectivity index (χ0) is 56.1. The van der Waals surface area contributed by atoms with Crippen LogP contribution in [0.2, 0.25) is 0 Å². The summed E-state index contributed by atoms with van der Waals surface area (Å²) < 4.78 is 0. The summed E-state index contributed by atoms with van der Waals surface area (Å²) in [5.74, 6) is 0. The molecular formula is C81H56N2Si2. The molecule has 0 saturated heterocycles. The number of para-hydroxylation sites is 3. The van der Waals surface area contributed by atoms with Crippen molar-refractivity contribution >= 4 is 113 Å². The molecule has 0 atom stereocenters. The smallest absolute Gasteiger partial charge is 0.184 e. The van der Waals surface area contributed by atoms with E-state index in [4.69, 9.17) is 0 Å². The molecule has 0 saturated carbocycles. The topological polar surface area (TPSA) is 6.48 Å².